The van der Waals surface area contributed by atoms with Crippen molar-refractivity contribution in [2.24, 2.45) is 0 Å². The van der Waals surface area contributed by atoms with Crippen LogP contribution in [-0.2, 0) is 4.79 Å². The number of amides is 1. The molecule has 0 atom stereocenters. The maximum atomic E-state index is 15.4. The number of nitrogen functional groups attached to an aromatic ring is 1. The Morgan fingerprint density at radius 1 is 0.949 bits per heavy atom. The van der Waals surface area contributed by atoms with Crippen LogP contribution in [0.4, 0.5) is 20.2 Å². The third-order valence-corrected chi connectivity index (χ3v) is 10.4. The van der Waals surface area contributed by atoms with Gasteiger partial charge in [0, 0.05) is 16.9 Å². The number of phenols is 1. The monoisotopic (exact) mass is 544 g/mol. The van der Waals surface area contributed by atoms with E-state index in [0.717, 1.165) is 12.1 Å². The van der Waals surface area contributed by atoms with E-state index in [1.807, 2.05) is 0 Å². The summed E-state index contributed by atoms with van der Waals surface area (Å²) in [6.07, 6.45) is 2.46. The van der Waals surface area contributed by atoms with E-state index >= 15 is 8.78 Å². The predicted molar refractivity (Wildman–Crippen MR) is 146 cm³/mol. The Kier molecular flexibility index (Phi) is 6.07. The molecular weight excluding hydrogens is 522 g/mol. The highest BCUT2D eigenvalue weighted by Crippen LogP contribution is 2.45. The predicted octanol–water partition coefficient (Wildman–Crippen LogP) is 4.70. The quantitative estimate of drug-likeness (QED) is 0.278. The zero-order chi connectivity index (χ0) is 28.2. The van der Waals surface area contributed by atoms with Gasteiger partial charge in [-0.1, -0.05) is 31.3 Å². The van der Waals surface area contributed by atoms with Crippen LogP contribution in [-0.4, -0.2) is 35.9 Å². The van der Waals surface area contributed by atoms with Crippen molar-refractivity contribution >= 4 is 47.9 Å². The Bertz CT molecular complexity index is 1710. The van der Waals surface area contributed by atoms with Crippen LogP contribution in [0.15, 0.2) is 83.3 Å². The molecular formula is C29H22F2N2O5Si. The molecule has 0 spiro atoms. The number of rotatable bonds is 4. The molecule has 5 rings (SSSR count). The molecule has 1 aliphatic carbocycles. The minimum atomic E-state index is -3.23. The molecule has 0 bridgehead atoms. The summed E-state index contributed by atoms with van der Waals surface area (Å²) in [5.74, 6) is -5.43. The molecule has 1 amide bonds. The zero-order valence-electron chi connectivity index (χ0n) is 20.8. The van der Waals surface area contributed by atoms with Crippen molar-refractivity contribution in [1.29, 1.82) is 0 Å². The Balaban J connectivity index is 1.74. The first-order valence-corrected chi connectivity index (χ1v) is 14.9. The van der Waals surface area contributed by atoms with Gasteiger partial charge < -0.3 is 21.3 Å². The van der Waals surface area contributed by atoms with Gasteiger partial charge in [-0.25, -0.2) is 13.6 Å². The summed E-state index contributed by atoms with van der Waals surface area (Å²) in [6, 6.07) is 13.0. The molecule has 10 heteroatoms. The molecule has 7 nitrogen and oxygen atoms in total. The maximum absolute atomic E-state index is 15.4. The number of halogens is 2. The standard InChI is InChI=1S/C29H22F2N2O5Si/c1-39(2)26-18(9-11-21(34)24(26)30)23(19-10-12-22(35)25(31)27(19)39)17-8-3-14(13-20(17)29(37)38)28(36)33-16-6-4-15(32)5-7-16/h3-13,34H,32H2,1-2H3,(H,33,36)(H,37,38). The molecule has 3 aromatic carbocycles. The number of aromatic carboxylic acids is 1. The van der Waals surface area contributed by atoms with Crippen molar-refractivity contribution in [3.05, 3.63) is 111 Å². The van der Waals surface area contributed by atoms with Crippen LogP contribution in [0.3, 0.4) is 0 Å². The summed E-state index contributed by atoms with van der Waals surface area (Å²) in [6.45, 7) is 3.32. The van der Waals surface area contributed by atoms with Crippen LogP contribution >= 0.6 is 0 Å². The highest BCUT2D eigenvalue weighted by atomic mass is 28.3. The summed E-state index contributed by atoms with van der Waals surface area (Å²) < 4.78 is 30.9. The summed E-state index contributed by atoms with van der Waals surface area (Å²) >= 11 is 0. The van der Waals surface area contributed by atoms with Gasteiger partial charge in [0.05, 0.1) is 5.56 Å². The lowest BCUT2D eigenvalue weighted by atomic mass is 9.86. The molecule has 3 aromatic rings. The number of carboxylic acids is 1. The second-order valence-corrected chi connectivity index (χ2v) is 14.0. The minimum Gasteiger partial charge on any atom is -0.505 e. The number of nitrogens with one attached hydrogen (secondary N) is 1. The number of ketones is 1. The number of hydrogen-bond donors (Lipinski definition) is 4. The van der Waals surface area contributed by atoms with Gasteiger partial charge >= 0.3 is 5.97 Å². The number of aromatic hydroxyl groups is 1. The molecule has 2 aliphatic rings. The van der Waals surface area contributed by atoms with E-state index in [2.05, 4.69) is 5.32 Å². The van der Waals surface area contributed by atoms with E-state index in [9.17, 15) is 24.6 Å². The number of anilines is 2. The maximum Gasteiger partial charge on any atom is 0.336 e. The topological polar surface area (TPSA) is 130 Å². The first kappa shape index (κ1) is 25.8. The third-order valence-electron chi connectivity index (χ3n) is 6.97. The lowest BCUT2D eigenvalue weighted by Gasteiger charge is -2.38. The Morgan fingerprint density at radius 3 is 2.28 bits per heavy atom. The van der Waals surface area contributed by atoms with E-state index in [4.69, 9.17) is 5.73 Å². The van der Waals surface area contributed by atoms with Crippen molar-refractivity contribution in [2.45, 2.75) is 13.1 Å². The van der Waals surface area contributed by atoms with Crippen molar-refractivity contribution < 1.29 is 33.4 Å². The average molecular weight is 545 g/mol. The number of phenolic OH excluding ortho intramolecular Hbond substituents is 1. The van der Waals surface area contributed by atoms with Gasteiger partial charge in [0.25, 0.3) is 5.91 Å². The molecule has 0 saturated heterocycles. The van der Waals surface area contributed by atoms with Crippen molar-refractivity contribution in [3.63, 3.8) is 0 Å². The number of hydrogen-bond acceptors (Lipinski definition) is 5. The van der Waals surface area contributed by atoms with Gasteiger partial charge in [0.2, 0.25) is 5.78 Å². The number of fused-ring (bicyclic) bond motifs is 2. The number of allylic oxidation sites excluding steroid dienone is 5. The minimum absolute atomic E-state index is 0.0171. The van der Waals surface area contributed by atoms with E-state index in [0.29, 0.717) is 11.4 Å². The molecule has 0 aromatic heterocycles. The Labute approximate surface area is 222 Å². The average Bonchev–Trinajstić information content (AvgIpc) is 2.89. The van der Waals surface area contributed by atoms with Crippen LogP contribution in [0.5, 0.6) is 5.75 Å². The number of benzene rings is 3. The first-order valence-electron chi connectivity index (χ1n) is 11.9. The van der Waals surface area contributed by atoms with Crippen LogP contribution in [0.2, 0.25) is 13.1 Å². The third kappa shape index (κ3) is 4.14. The Hall–Kier alpha value is -4.83. The first-order chi connectivity index (χ1) is 18.4. The zero-order valence-corrected chi connectivity index (χ0v) is 21.8. The number of carbonyl (C=O) groups is 3. The van der Waals surface area contributed by atoms with Crippen LogP contribution in [0.25, 0.3) is 5.57 Å². The molecule has 5 N–H and O–H groups in total. The van der Waals surface area contributed by atoms with Crippen molar-refractivity contribution in [3.8, 4) is 5.75 Å². The van der Waals surface area contributed by atoms with E-state index in [1.165, 1.54) is 30.3 Å². The highest BCUT2D eigenvalue weighted by molar-refractivity contribution is 6.98. The Morgan fingerprint density at radius 2 is 1.62 bits per heavy atom. The number of carboxylic acid groups (broad SMARTS) is 1. The molecule has 0 unspecified atom stereocenters. The number of carbonyl (C=O) groups excluding carboxylic acids is 2. The fourth-order valence-corrected chi connectivity index (χ4v) is 8.53. The van der Waals surface area contributed by atoms with Gasteiger partial charge in [0.1, 0.15) is 8.07 Å². The normalized spacial score (nSPS) is 15.6. The van der Waals surface area contributed by atoms with E-state index < -0.39 is 43.1 Å². The largest absolute Gasteiger partial charge is 0.505 e. The molecule has 39 heavy (non-hydrogen) atoms. The molecule has 0 radical (unpaired) electrons. The lowest BCUT2D eigenvalue weighted by Crippen LogP contribution is -2.51. The fraction of sp³-hybridized carbons (Fsp3) is 0.0690. The van der Waals surface area contributed by atoms with Crippen LogP contribution in [0.1, 0.15) is 31.8 Å². The van der Waals surface area contributed by atoms with Crippen LogP contribution < -0.4 is 16.2 Å². The molecule has 0 fully saturated rings. The number of nitrogens with two attached hydrogens (primary N) is 1. The molecule has 196 valence electrons. The van der Waals surface area contributed by atoms with Gasteiger partial charge in [-0.3, -0.25) is 9.59 Å². The van der Waals surface area contributed by atoms with E-state index in [1.54, 1.807) is 37.4 Å². The fourth-order valence-electron chi connectivity index (χ4n) is 5.17. The van der Waals surface area contributed by atoms with Gasteiger partial charge in [-0.15, -0.1) is 0 Å². The second kappa shape index (κ2) is 9.17. The summed E-state index contributed by atoms with van der Waals surface area (Å²) in [5, 5.41) is 23.0. The molecule has 0 saturated carbocycles. The summed E-state index contributed by atoms with van der Waals surface area (Å²) in [5.41, 5.74) is 7.22. The lowest BCUT2D eigenvalue weighted by molar-refractivity contribution is -0.112. The summed E-state index contributed by atoms with van der Waals surface area (Å²) in [7, 11) is -3.23. The summed E-state index contributed by atoms with van der Waals surface area (Å²) in [4.78, 5) is 37.6. The van der Waals surface area contributed by atoms with E-state index in [-0.39, 0.29) is 43.8 Å². The smallest absolute Gasteiger partial charge is 0.336 e. The van der Waals surface area contributed by atoms with Gasteiger partial charge in [-0.2, -0.15) is 0 Å². The molecule has 1 heterocycles. The van der Waals surface area contributed by atoms with Crippen LogP contribution in [0, 0.1) is 5.82 Å². The van der Waals surface area contributed by atoms with Gasteiger partial charge in [0.15, 0.2) is 17.4 Å². The van der Waals surface area contributed by atoms with Crippen molar-refractivity contribution in [2.75, 3.05) is 11.1 Å². The van der Waals surface area contributed by atoms with Crippen molar-refractivity contribution in [1.82, 2.24) is 0 Å². The highest BCUT2D eigenvalue weighted by Gasteiger charge is 2.45. The SMILES string of the molecule is C[Si]1(C)C2=C(F)C(=O)C=CC2=C(c2ccc(C(=O)Nc3ccc(N)cc3)cc2C(=O)O)c2ccc(O)c(F)c21. The van der Waals surface area contributed by atoms with Gasteiger partial charge in [-0.05, 0) is 81.2 Å². The second-order valence-electron chi connectivity index (χ2n) is 9.76. The molecule has 1 aliphatic heterocycles.